The van der Waals surface area contributed by atoms with E-state index in [1.54, 1.807) is 29.9 Å². The van der Waals surface area contributed by atoms with Crippen molar-refractivity contribution in [1.82, 2.24) is 9.55 Å². The first-order chi connectivity index (χ1) is 10.2. The van der Waals surface area contributed by atoms with E-state index in [0.717, 1.165) is 11.0 Å². The smallest absolute Gasteiger partial charge is 0.182 e. The summed E-state index contributed by atoms with van der Waals surface area (Å²) in [5, 5.41) is 9.58. The van der Waals surface area contributed by atoms with Crippen molar-refractivity contribution in [1.29, 1.82) is 5.26 Å². The summed E-state index contributed by atoms with van der Waals surface area (Å²) in [6.45, 7) is 0. The molecular formula is C15H10ClN3OS. The highest BCUT2D eigenvalue weighted by atomic mass is 35.5. The number of aromatic nitrogens is 2. The van der Waals surface area contributed by atoms with Crippen molar-refractivity contribution in [2.45, 2.75) is 0 Å². The lowest BCUT2D eigenvalue weighted by molar-refractivity contribution is 0.419. The van der Waals surface area contributed by atoms with Crippen molar-refractivity contribution < 1.29 is 4.74 Å². The zero-order chi connectivity index (χ0) is 15.0. The second kappa shape index (κ2) is 5.24. The van der Waals surface area contributed by atoms with Gasteiger partial charge in [0.1, 0.15) is 11.3 Å². The van der Waals surface area contributed by atoms with Gasteiger partial charge in [-0.2, -0.15) is 5.26 Å². The Kier molecular flexibility index (Phi) is 3.42. The topological polar surface area (TPSA) is 53.7 Å². The van der Waals surface area contributed by atoms with Gasteiger partial charge in [0, 0.05) is 0 Å². The lowest BCUT2D eigenvalue weighted by atomic mass is 10.2. The number of nitriles is 1. The number of nitrogens with one attached hydrogen (secondary N) is 1. The fourth-order valence-electron chi connectivity index (χ4n) is 2.27. The molecule has 2 aromatic carbocycles. The van der Waals surface area contributed by atoms with Crippen LogP contribution in [-0.4, -0.2) is 16.7 Å². The van der Waals surface area contributed by atoms with Crippen LogP contribution in [0.15, 0.2) is 36.4 Å². The van der Waals surface area contributed by atoms with Crippen LogP contribution in [0.1, 0.15) is 5.56 Å². The summed E-state index contributed by atoms with van der Waals surface area (Å²) in [6.07, 6.45) is 0. The van der Waals surface area contributed by atoms with Crippen molar-refractivity contribution in [3.8, 4) is 17.5 Å². The molecule has 3 aromatic rings. The molecule has 21 heavy (non-hydrogen) atoms. The van der Waals surface area contributed by atoms with Crippen LogP contribution in [0, 0.1) is 16.1 Å². The predicted octanol–water partition coefficient (Wildman–Crippen LogP) is 4.22. The SMILES string of the molecule is COc1cccc2c1[nH]c(=S)n2-c1cc(C#N)ccc1Cl. The molecule has 4 nitrogen and oxygen atoms in total. The van der Waals surface area contributed by atoms with E-state index in [1.807, 2.05) is 18.2 Å². The average molecular weight is 316 g/mol. The molecule has 0 aliphatic rings. The Morgan fingerprint density at radius 3 is 2.86 bits per heavy atom. The van der Waals surface area contributed by atoms with Crippen molar-refractivity contribution in [3.63, 3.8) is 0 Å². The number of H-pyrrole nitrogens is 1. The largest absolute Gasteiger partial charge is 0.494 e. The van der Waals surface area contributed by atoms with E-state index in [4.69, 9.17) is 33.8 Å². The normalized spacial score (nSPS) is 10.5. The molecule has 0 radical (unpaired) electrons. The number of ether oxygens (including phenoxy) is 1. The predicted molar refractivity (Wildman–Crippen MR) is 84.7 cm³/mol. The Bertz CT molecular complexity index is 936. The molecule has 0 aliphatic heterocycles. The van der Waals surface area contributed by atoms with Crippen LogP contribution in [0.4, 0.5) is 0 Å². The zero-order valence-electron chi connectivity index (χ0n) is 11.1. The maximum atomic E-state index is 9.06. The highest BCUT2D eigenvalue weighted by Crippen LogP contribution is 2.30. The minimum absolute atomic E-state index is 0.492. The van der Waals surface area contributed by atoms with Crippen molar-refractivity contribution >= 4 is 34.9 Å². The van der Waals surface area contributed by atoms with E-state index in [9.17, 15) is 0 Å². The van der Waals surface area contributed by atoms with E-state index in [0.29, 0.717) is 26.8 Å². The summed E-state index contributed by atoms with van der Waals surface area (Å²) < 4.78 is 7.62. The third kappa shape index (κ3) is 2.19. The van der Waals surface area contributed by atoms with Crippen molar-refractivity contribution in [3.05, 3.63) is 51.8 Å². The summed E-state index contributed by atoms with van der Waals surface area (Å²) in [5.41, 5.74) is 2.83. The van der Waals surface area contributed by atoms with Crippen LogP contribution in [0.5, 0.6) is 5.75 Å². The number of aromatic amines is 1. The van der Waals surface area contributed by atoms with E-state index in [-0.39, 0.29) is 0 Å². The Labute approximate surface area is 131 Å². The summed E-state index contributed by atoms with van der Waals surface area (Å²) in [7, 11) is 1.60. The molecule has 0 saturated carbocycles. The quantitative estimate of drug-likeness (QED) is 0.720. The Balaban J connectivity index is 2.39. The molecule has 1 aromatic heterocycles. The van der Waals surface area contributed by atoms with Gasteiger partial charge in [0.2, 0.25) is 0 Å². The van der Waals surface area contributed by atoms with Crippen LogP contribution in [0.25, 0.3) is 16.7 Å². The number of methoxy groups -OCH3 is 1. The molecule has 104 valence electrons. The minimum atomic E-state index is 0.492. The molecule has 0 atom stereocenters. The number of rotatable bonds is 2. The van der Waals surface area contributed by atoms with Gasteiger partial charge in [-0.1, -0.05) is 17.7 Å². The zero-order valence-corrected chi connectivity index (χ0v) is 12.6. The van der Waals surface area contributed by atoms with E-state index >= 15 is 0 Å². The first kappa shape index (κ1) is 13.7. The standard InChI is InChI=1S/C15H10ClN3OS/c1-20-13-4-2-3-11-14(13)18-15(21)19(11)12-7-9(8-17)5-6-10(12)16/h2-7H,1H3,(H,18,21). The molecule has 0 spiro atoms. The minimum Gasteiger partial charge on any atom is -0.494 e. The summed E-state index contributed by atoms with van der Waals surface area (Å²) in [5.74, 6) is 0.699. The van der Waals surface area contributed by atoms with Gasteiger partial charge in [-0.05, 0) is 42.5 Å². The molecule has 0 fully saturated rings. The number of para-hydroxylation sites is 1. The van der Waals surface area contributed by atoms with E-state index in [1.165, 1.54) is 0 Å². The highest BCUT2D eigenvalue weighted by molar-refractivity contribution is 7.71. The summed E-state index contributed by atoms with van der Waals surface area (Å²) >= 11 is 11.7. The number of hydrogen-bond acceptors (Lipinski definition) is 3. The number of halogens is 1. The van der Waals surface area contributed by atoms with Crippen molar-refractivity contribution in [2.24, 2.45) is 0 Å². The van der Waals surface area contributed by atoms with Crippen LogP contribution in [-0.2, 0) is 0 Å². The van der Waals surface area contributed by atoms with Gasteiger partial charge in [-0.3, -0.25) is 4.57 Å². The van der Waals surface area contributed by atoms with Crippen LogP contribution in [0.3, 0.4) is 0 Å². The molecule has 6 heteroatoms. The molecule has 0 bridgehead atoms. The molecule has 3 rings (SSSR count). The van der Waals surface area contributed by atoms with Gasteiger partial charge in [0.25, 0.3) is 0 Å². The summed E-state index contributed by atoms with van der Waals surface area (Å²) in [6, 6.07) is 12.8. The first-order valence-electron chi connectivity index (χ1n) is 6.13. The third-order valence-electron chi connectivity index (χ3n) is 3.22. The van der Waals surface area contributed by atoms with Crippen LogP contribution < -0.4 is 4.74 Å². The van der Waals surface area contributed by atoms with Gasteiger partial charge in [-0.15, -0.1) is 0 Å². The molecular weight excluding hydrogens is 306 g/mol. The molecule has 0 saturated heterocycles. The monoisotopic (exact) mass is 315 g/mol. The second-order valence-electron chi connectivity index (χ2n) is 4.40. The van der Waals surface area contributed by atoms with Gasteiger partial charge >= 0.3 is 0 Å². The van der Waals surface area contributed by atoms with Gasteiger partial charge in [0.15, 0.2) is 4.77 Å². The lowest BCUT2D eigenvalue weighted by Gasteiger charge is -2.08. The summed E-state index contributed by atoms with van der Waals surface area (Å²) in [4.78, 5) is 3.12. The first-order valence-corrected chi connectivity index (χ1v) is 6.92. The molecule has 0 unspecified atom stereocenters. The van der Waals surface area contributed by atoms with Gasteiger partial charge < -0.3 is 9.72 Å². The lowest BCUT2D eigenvalue weighted by Crippen LogP contribution is -1.96. The number of hydrogen-bond donors (Lipinski definition) is 1. The number of nitrogens with zero attached hydrogens (tertiary/aromatic N) is 2. The number of benzene rings is 2. The average Bonchev–Trinajstić information content (AvgIpc) is 2.83. The second-order valence-corrected chi connectivity index (χ2v) is 5.19. The van der Waals surface area contributed by atoms with Gasteiger partial charge in [-0.25, -0.2) is 0 Å². The third-order valence-corrected chi connectivity index (χ3v) is 3.82. The molecule has 1 heterocycles. The fourth-order valence-corrected chi connectivity index (χ4v) is 2.77. The van der Waals surface area contributed by atoms with Crippen LogP contribution in [0.2, 0.25) is 5.02 Å². The van der Waals surface area contributed by atoms with Crippen molar-refractivity contribution in [2.75, 3.05) is 7.11 Å². The maximum absolute atomic E-state index is 9.06. The Morgan fingerprint density at radius 1 is 1.33 bits per heavy atom. The van der Waals surface area contributed by atoms with E-state index in [2.05, 4.69) is 11.1 Å². The fraction of sp³-hybridized carbons (Fsp3) is 0.0667. The number of imidazole rings is 1. The van der Waals surface area contributed by atoms with Gasteiger partial charge in [0.05, 0.1) is 35.0 Å². The molecule has 1 N–H and O–H groups in total. The Morgan fingerprint density at radius 2 is 2.14 bits per heavy atom. The van der Waals surface area contributed by atoms with E-state index < -0.39 is 0 Å². The Hall–Kier alpha value is -2.29. The van der Waals surface area contributed by atoms with Crippen LogP contribution >= 0.6 is 23.8 Å². The maximum Gasteiger partial charge on any atom is 0.182 e. The molecule has 0 amide bonds. The number of fused-ring (bicyclic) bond motifs is 1. The molecule has 0 aliphatic carbocycles. The highest BCUT2D eigenvalue weighted by Gasteiger charge is 2.13.